The number of aromatic nitrogens is 2. The minimum absolute atomic E-state index is 0.267. The lowest BCUT2D eigenvalue weighted by Crippen LogP contribution is -2.48. The summed E-state index contributed by atoms with van der Waals surface area (Å²) in [7, 11) is 1.40. The largest absolute Gasteiger partial charge is 0.468 e. The van der Waals surface area contributed by atoms with E-state index in [-0.39, 0.29) is 5.97 Å². The van der Waals surface area contributed by atoms with Gasteiger partial charge in [0.25, 0.3) is 0 Å². The van der Waals surface area contributed by atoms with Gasteiger partial charge < -0.3 is 9.64 Å². The Hall–Kier alpha value is -1.56. The van der Waals surface area contributed by atoms with Crippen LogP contribution in [0.5, 0.6) is 0 Å². The first-order valence-corrected chi connectivity index (χ1v) is 8.87. The van der Waals surface area contributed by atoms with Crippen molar-refractivity contribution in [2.75, 3.05) is 25.1 Å². The van der Waals surface area contributed by atoms with Crippen LogP contribution < -0.4 is 4.90 Å². The zero-order valence-corrected chi connectivity index (χ0v) is 15.8. The molecule has 132 valence electrons. The maximum Gasteiger partial charge on any atom is 0.316 e. The molecule has 2 heterocycles. The molecule has 1 aromatic heterocycles. The number of nitrogens with zero attached hydrogens (tertiary/aromatic N) is 3. The van der Waals surface area contributed by atoms with Crippen molar-refractivity contribution in [1.82, 2.24) is 10.2 Å². The number of methoxy groups -OCH3 is 1. The lowest BCUT2D eigenvalue weighted by atomic mass is 9.72. The first kappa shape index (κ1) is 18.2. The minimum Gasteiger partial charge on any atom is -0.468 e. The molecule has 1 saturated heterocycles. The van der Waals surface area contributed by atoms with Crippen LogP contribution in [0.4, 0.5) is 5.69 Å². The Bertz CT molecular complexity index is 792. The molecule has 0 atom stereocenters. The number of anilines is 1. The molecule has 0 bridgehead atoms. The third-order valence-electron chi connectivity index (χ3n) is 4.64. The molecule has 0 N–H and O–H groups in total. The summed E-state index contributed by atoms with van der Waals surface area (Å²) < 4.78 is 5.10. The summed E-state index contributed by atoms with van der Waals surface area (Å²) >= 11 is 18.1. The number of halogens is 3. The van der Waals surface area contributed by atoms with Crippen LogP contribution in [0.2, 0.25) is 15.2 Å². The normalized spacial score (nSPS) is 16.6. The number of carbonyl (C=O) groups is 1. The van der Waals surface area contributed by atoms with Gasteiger partial charge in [0.1, 0.15) is 0 Å². The average molecular weight is 401 g/mol. The Morgan fingerprint density at radius 2 is 1.88 bits per heavy atom. The van der Waals surface area contributed by atoms with E-state index < -0.39 is 5.41 Å². The van der Waals surface area contributed by atoms with Crippen molar-refractivity contribution in [1.29, 1.82) is 0 Å². The van der Waals surface area contributed by atoms with Gasteiger partial charge in [-0.25, -0.2) is 0 Å². The number of ether oxygens (including phenoxy) is 1. The summed E-state index contributed by atoms with van der Waals surface area (Å²) in [5.41, 5.74) is 0.955. The molecule has 1 aromatic carbocycles. The van der Waals surface area contributed by atoms with Gasteiger partial charge in [0, 0.05) is 19.2 Å². The minimum atomic E-state index is -0.746. The molecule has 0 unspecified atom stereocenters. The molecule has 0 spiro atoms. The van der Waals surface area contributed by atoms with E-state index in [4.69, 9.17) is 39.5 Å². The number of hydrogen-bond acceptors (Lipinski definition) is 5. The maximum absolute atomic E-state index is 12.6. The molecule has 0 saturated carbocycles. The fraction of sp³-hybridized carbons (Fsp3) is 0.353. The van der Waals surface area contributed by atoms with Crippen molar-refractivity contribution in [3.63, 3.8) is 0 Å². The first-order valence-electron chi connectivity index (χ1n) is 7.73. The van der Waals surface area contributed by atoms with Crippen LogP contribution in [0, 0.1) is 0 Å². The predicted octanol–water partition coefficient (Wildman–Crippen LogP) is 4.15. The van der Waals surface area contributed by atoms with Crippen LogP contribution in [0.3, 0.4) is 0 Å². The smallest absolute Gasteiger partial charge is 0.316 e. The monoisotopic (exact) mass is 399 g/mol. The summed E-state index contributed by atoms with van der Waals surface area (Å²) in [5.74, 6) is -0.267. The SMILES string of the molecule is COC(=O)C1(c2ccc(Cl)c(Cl)c2)CCN(c2cnnc(Cl)c2)CC1. The molecule has 0 radical (unpaired) electrons. The highest BCUT2D eigenvalue weighted by Gasteiger charge is 2.44. The lowest BCUT2D eigenvalue weighted by Gasteiger charge is -2.41. The molecule has 3 rings (SSSR count). The van der Waals surface area contributed by atoms with Gasteiger partial charge >= 0.3 is 5.97 Å². The van der Waals surface area contributed by atoms with Crippen molar-refractivity contribution < 1.29 is 9.53 Å². The lowest BCUT2D eigenvalue weighted by molar-refractivity contribution is -0.148. The number of carbonyl (C=O) groups excluding carboxylic acids is 1. The zero-order valence-electron chi connectivity index (χ0n) is 13.5. The summed E-state index contributed by atoms with van der Waals surface area (Å²) in [4.78, 5) is 14.7. The molecule has 1 fully saturated rings. The van der Waals surface area contributed by atoms with Crippen LogP contribution >= 0.6 is 34.8 Å². The fourth-order valence-corrected chi connectivity index (χ4v) is 3.70. The van der Waals surface area contributed by atoms with E-state index in [9.17, 15) is 4.79 Å². The van der Waals surface area contributed by atoms with Crippen LogP contribution in [-0.4, -0.2) is 36.4 Å². The van der Waals surface area contributed by atoms with E-state index in [1.54, 1.807) is 24.4 Å². The summed E-state index contributed by atoms with van der Waals surface area (Å²) in [6.45, 7) is 1.30. The van der Waals surface area contributed by atoms with Gasteiger partial charge in [-0.05, 0) is 30.5 Å². The van der Waals surface area contributed by atoms with Crippen molar-refractivity contribution in [3.8, 4) is 0 Å². The predicted molar refractivity (Wildman–Crippen MR) is 98.6 cm³/mol. The van der Waals surface area contributed by atoms with Gasteiger partial charge in [-0.1, -0.05) is 40.9 Å². The number of hydrogen-bond donors (Lipinski definition) is 0. The summed E-state index contributed by atoms with van der Waals surface area (Å²) in [6.07, 6.45) is 2.82. The molecule has 0 amide bonds. The highest BCUT2D eigenvalue weighted by molar-refractivity contribution is 6.42. The molecule has 25 heavy (non-hydrogen) atoms. The number of rotatable bonds is 3. The fourth-order valence-electron chi connectivity index (χ4n) is 3.25. The van der Waals surface area contributed by atoms with Gasteiger partial charge in [-0.3, -0.25) is 4.79 Å². The number of esters is 1. The van der Waals surface area contributed by atoms with Crippen molar-refractivity contribution in [2.24, 2.45) is 0 Å². The van der Waals surface area contributed by atoms with Crippen LogP contribution in [0.1, 0.15) is 18.4 Å². The number of benzene rings is 1. The molecular formula is C17H16Cl3N3O2. The van der Waals surface area contributed by atoms with Gasteiger partial charge in [0.05, 0.1) is 34.5 Å². The molecule has 1 aliphatic rings. The zero-order chi connectivity index (χ0) is 18.0. The van der Waals surface area contributed by atoms with Gasteiger partial charge in [0.2, 0.25) is 0 Å². The molecule has 5 nitrogen and oxygen atoms in total. The Morgan fingerprint density at radius 3 is 2.48 bits per heavy atom. The van der Waals surface area contributed by atoms with Crippen LogP contribution in [0.15, 0.2) is 30.5 Å². The van der Waals surface area contributed by atoms with Crippen LogP contribution in [0.25, 0.3) is 0 Å². The van der Waals surface area contributed by atoms with E-state index in [1.165, 1.54) is 7.11 Å². The summed E-state index contributed by atoms with van der Waals surface area (Å²) in [6, 6.07) is 7.06. The summed E-state index contributed by atoms with van der Waals surface area (Å²) in [5, 5.41) is 8.86. The standard InChI is InChI=1S/C17H16Cl3N3O2/c1-25-16(24)17(11-2-3-13(18)14(19)8-11)4-6-23(7-5-17)12-9-15(20)22-21-10-12/h2-3,8-10H,4-7H2,1H3. The van der Waals surface area contributed by atoms with Crippen molar-refractivity contribution >= 4 is 46.5 Å². The third kappa shape index (κ3) is 3.54. The quantitative estimate of drug-likeness (QED) is 0.725. The molecule has 8 heteroatoms. The van der Waals surface area contributed by atoms with Gasteiger partial charge in [-0.2, -0.15) is 5.10 Å². The van der Waals surface area contributed by atoms with E-state index in [2.05, 4.69) is 15.1 Å². The van der Waals surface area contributed by atoms with Gasteiger partial charge in [0.15, 0.2) is 5.15 Å². The van der Waals surface area contributed by atoms with E-state index in [1.807, 2.05) is 6.07 Å². The molecule has 0 aliphatic carbocycles. The topological polar surface area (TPSA) is 55.3 Å². The van der Waals surface area contributed by atoms with Crippen molar-refractivity contribution in [2.45, 2.75) is 18.3 Å². The Morgan fingerprint density at radius 1 is 1.16 bits per heavy atom. The van der Waals surface area contributed by atoms with Crippen molar-refractivity contribution in [3.05, 3.63) is 51.2 Å². The Labute approximate surface area is 160 Å². The second-order valence-electron chi connectivity index (χ2n) is 5.93. The second kappa shape index (κ2) is 7.36. The van der Waals surface area contributed by atoms with E-state index >= 15 is 0 Å². The average Bonchev–Trinajstić information content (AvgIpc) is 2.63. The van der Waals surface area contributed by atoms with Crippen LogP contribution in [-0.2, 0) is 14.9 Å². The highest BCUT2D eigenvalue weighted by atomic mass is 35.5. The third-order valence-corrected chi connectivity index (χ3v) is 5.56. The first-order chi connectivity index (χ1) is 12.0. The Balaban J connectivity index is 1.89. The number of piperidine rings is 1. The highest BCUT2D eigenvalue weighted by Crippen LogP contribution is 2.40. The van der Waals surface area contributed by atoms with Gasteiger partial charge in [-0.15, -0.1) is 5.10 Å². The molecular weight excluding hydrogens is 385 g/mol. The van der Waals surface area contributed by atoms with E-state index in [0.29, 0.717) is 41.1 Å². The second-order valence-corrected chi connectivity index (χ2v) is 7.13. The Kier molecular flexibility index (Phi) is 5.37. The maximum atomic E-state index is 12.6. The van der Waals surface area contributed by atoms with E-state index in [0.717, 1.165) is 11.3 Å². The molecule has 1 aliphatic heterocycles. The molecule has 2 aromatic rings.